The van der Waals surface area contributed by atoms with E-state index in [1.165, 1.54) is 50.7 Å². The lowest BCUT2D eigenvalue weighted by molar-refractivity contribution is -0.124. The van der Waals surface area contributed by atoms with E-state index in [9.17, 15) is 9.18 Å². The van der Waals surface area contributed by atoms with E-state index >= 15 is 0 Å². The van der Waals surface area contributed by atoms with Crippen molar-refractivity contribution in [1.82, 2.24) is 9.78 Å². The molecule has 0 atom stereocenters. The maximum atomic E-state index is 13.1. The van der Waals surface area contributed by atoms with Gasteiger partial charge in [0.25, 0.3) is 0 Å². The summed E-state index contributed by atoms with van der Waals surface area (Å²) in [4.78, 5) is 12.8. The van der Waals surface area contributed by atoms with Crippen LogP contribution in [0.25, 0.3) is 0 Å². The number of carbonyl (C=O) groups excluding carboxylic acids is 1. The van der Waals surface area contributed by atoms with Crippen LogP contribution in [0.3, 0.4) is 0 Å². The minimum Gasteiger partial charge on any atom is -0.308 e. The van der Waals surface area contributed by atoms with Gasteiger partial charge in [-0.2, -0.15) is 5.10 Å². The molecule has 4 aliphatic carbocycles. The Labute approximate surface area is 169 Å². The Balaban J connectivity index is 1.24. The van der Waals surface area contributed by atoms with E-state index in [4.69, 9.17) is 11.6 Å². The standard InChI is InChI=1S/C22H25ClFN3O/c23-19-13-27(12-14-1-3-18(24)4-2-14)26-21(19)25-20(28)11-22-8-15-5-16(9-22)7-17(6-15)10-22/h1-4,13,15-17H,5-12H2,(H,25,26,28). The van der Waals surface area contributed by atoms with Crippen LogP contribution >= 0.6 is 11.6 Å². The van der Waals surface area contributed by atoms with Crippen molar-refractivity contribution in [3.63, 3.8) is 0 Å². The highest BCUT2D eigenvalue weighted by Gasteiger charge is 2.51. The van der Waals surface area contributed by atoms with Crippen LogP contribution in [0.2, 0.25) is 5.02 Å². The number of benzene rings is 1. The molecule has 0 saturated heterocycles. The molecule has 4 fully saturated rings. The number of amides is 1. The van der Waals surface area contributed by atoms with E-state index in [-0.39, 0.29) is 17.1 Å². The van der Waals surface area contributed by atoms with Gasteiger partial charge in [-0.1, -0.05) is 23.7 Å². The molecule has 0 aliphatic heterocycles. The van der Waals surface area contributed by atoms with Crippen molar-refractivity contribution < 1.29 is 9.18 Å². The van der Waals surface area contributed by atoms with E-state index < -0.39 is 0 Å². The first-order chi connectivity index (χ1) is 13.5. The van der Waals surface area contributed by atoms with Crippen molar-refractivity contribution in [2.24, 2.45) is 23.2 Å². The number of rotatable bonds is 5. The lowest BCUT2D eigenvalue weighted by Crippen LogP contribution is -2.47. The molecule has 0 radical (unpaired) electrons. The predicted molar refractivity (Wildman–Crippen MR) is 107 cm³/mol. The maximum Gasteiger partial charge on any atom is 0.226 e. The van der Waals surface area contributed by atoms with Crippen LogP contribution in [0.4, 0.5) is 10.2 Å². The van der Waals surface area contributed by atoms with Gasteiger partial charge in [0, 0.05) is 12.6 Å². The molecule has 4 bridgehead atoms. The quantitative estimate of drug-likeness (QED) is 0.741. The number of anilines is 1. The third-order valence-corrected chi connectivity index (χ3v) is 7.21. The summed E-state index contributed by atoms with van der Waals surface area (Å²) in [7, 11) is 0. The topological polar surface area (TPSA) is 46.9 Å². The molecule has 4 aliphatic rings. The van der Waals surface area contributed by atoms with E-state index in [0.717, 1.165) is 23.3 Å². The second-order valence-corrected chi connectivity index (χ2v) is 9.70. The fraction of sp³-hybridized carbons (Fsp3) is 0.545. The second kappa shape index (κ2) is 6.87. The zero-order valence-electron chi connectivity index (χ0n) is 15.8. The summed E-state index contributed by atoms with van der Waals surface area (Å²) in [5.74, 6) is 2.67. The number of nitrogens with one attached hydrogen (secondary N) is 1. The molecule has 4 nitrogen and oxygen atoms in total. The van der Waals surface area contributed by atoms with Crippen LogP contribution in [0, 0.1) is 29.0 Å². The molecule has 1 amide bonds. The first kappa shape index (κ1) is 18.2. The van der Waals surface area contributed by atoms with Crippen molar-refractivity contribution >= 4 is 23.3 Å². The van der Waals surface area contributed by atoms with Crippen molar-refractivity contribution in [3.8, 4) is 0 Å². The molecule has 0 unspecified atom stereocenters. The van der Waals surface area contributed by atoms with Crippen molar-refractivity contribution in [1.29, 1.82) is 0 Å². The van der Waals surface area contributed by atoms with Gasteiger partial charge in [-0.05, 0) is 79.4 Å². The van der Waals surface area contributed by atoms with E-state index in [1.807, 2.05) is 0 Å². The van der Waals surface area contributed by atoms with Gasteiger partial charge in [0.05, 0.1) is 6.54 Å². The molecule has 2 aromatic rings. The van der Waals surface area contributed by atoms with Crippen molar-refractivity contribution in [3.05, 3.63) is 46.9 Å². The largest absolute Gasteiger partial charge is 0.308 e. The average Bonchev–Trinajstić information content (AvgIpc) is 2.94. The third-order valence-electron chi connectivity index (χ3n) is 6.93. The Morgan fingerprint density at radius 2 is 1.75 bits per heavy atom. The lowest BCUT2D eigenvalue weighted by atomic mass is 9.49. The zero-order chi connectivity index (χ0) is 19.3. The van der Waals surface area contributed by atoms with Crippen LogP contribution in [-0.4, -0.2) is 15.7 Å². The van der Waals surface area contributed by atoms with Crippen LogP contribution in [0.1, 0.15) is 50.5 Å². The number of aromatic nitrogens is 2. The molecular weight excluding hydrogens is 377 g/mol. The smallest absolute Gasteiger partial charge is 0.226 e. The normalized spacial score (nSPS) is 30.6. The van der Waals surface area contributed by atoms with E-state index in [2.05, 4.69) is 10.4 Å². The molecule has 4 saturated carbocycles. The minimum absolute atomic E-state index is 0.0240. The molecule has 1 N–H and O–H groups in total. The summed E-state index contributed by atoms with van der Waals surface area (Å²) in [6, 6.07) is 6.29. The van der Waals surface area contributed by atoms with Crippen LogP contribution in [-0.2, 0) is 11.3 Å². The number of hydrogen-bond acceptors (Lipinski definition) is 2. The van der Waals surface area contributed by atoms with Crippen LogP contribution in [0.5, 0.6) is 0 Å². The van der Waals surface area contributed by atoms with Gasteiger partial charge in [0.2, 0.25) is 5.91 Å². The Bertz CT molecular complexity index is 856. The highest BCUT2D eigenvalue weighted by atomic mass is 35.5. The van der Waals surface area contributed by atoms with Gasteiger partial charge < -0.3 is 5.32 Å². The molecule has 1 aromatic heterocycles. The summed E-state index contributed by atoms with van der Waals surface area (Å²) in [5, 5.41) is 7.79. The third kappa shape index (κ3) is 3.57. The fourth-order valence-corrected chi connectivity index (χ4v) is 6.56. The Kier molecular flexibility index (Phi) is 4.46. The number of nitrogens with zero attached hydrogens (tertiary/aromatic N) is 2. The first-order valence-corrected chi connectivity index (χ1v) is 10.6. The average molecular weight is 402 g/mol. The zero-order valence-corrected chi connectivity index (χ0v) is 16.6. The summed E-state index contributed by atoms with van der Waals surface area (Å²) in [5.41, 5.74) is 1.12. The Hall–Kier alpha value is -1.88. The first-order valence-electron chi connectivity index (χ1n) is 10.2. The number of halogens is 2. The summed E-state index contributed by atoms with van der Waals surface area (Å²) in [6.45, 7) is 0.477. The van der Waals surface area contributed by atoms with Gasteiger partial charge in [0.15, 0.2) is 5.82 Å². The van der Waals surface area contributed by atoms with Gasteiger partial charge in [-0.3, -0.25) is 9.48 Å². The molecule has 1 aromatic carbocycles. The van der Waals surface area contributed by atoms with Crippen molar-refractivity contribution in [2.75, 3.05) is 5.32 Å². The second-order valence-electron chi connectivity index (χ2n) is 9.29. The molecule has 6 heteroatoms. The highest BCUT2D eigenvalue weighted by molar-refractivity contribution is 6.33. The molecular formula is C22H25ClFN3O. The molecule has 28 heavy (non-hydrogen) atoms. The molecule has 148 valence electrons. The monoisotopic (exact) mass is 401 g/mol. The summed E-state index contributed by atoms with van der Waals surface area (Å²) >= 11 is 6.30. The van der Waals surface area contributed by atoms with Gasteiger partial charge in [-0.15, -0.1) is 0 Å². The van der Waals surface area contributed by atoms with E-state index in [1.54, 1.807) is 23.0 Å². The van der Waals surface area contributed by atoms with Crippen LogP contribution in [0.15, 0.2) is 30.5 Å². The highest BCUT2D eigenvalue weighted by Crippen LogP contribution is 2.61. The van der Waals surface area contributed by atoms with E-state index in [0.29, 0.717) is 23.8 Å². The number of carbonyl (C=O) groups is 1. The molecule has 1 heterocycles. The minimum atomic E-state index is -0.264. The van der Waals surface area contributed by atoms with Gasteiger partial charge in [0.1, 0.15) is 10.8 Å². The fourth-order valence-electron chi connectivity index (χ4n) is 6.36. The number of hydrogen-bond donors (Lipinski definition) is 1. The Morgan fingerprint density at radius 3 is 2.36 bits per heavy atom. The summed E-state index contributed by atoms with van der Waals surface area (Å²) < 4.78 is 14.7. The SMILES string of the molecule is O=C(CC12CC3CC(CC(C3)C1)C2)Nc1nn(Cc2ccc(F)cc2)cc1Cl. The van der Waals surface area contributed by atoms with Crippen LogP contribution < -0.4 is 5.32 Å². The molecule has 6 rings (SSSR count). The van der Waals surface area contributed by atoms with Gasteiger partial charge >= 0.3 is 0 Å². The maximum absolute atomic E-state index is 13.1. The molecule has 0 spiro atoms. The Morgan fingerprint density at radius 1 is 1.14 bits per heavy atom. The van der Waals surface area contributed by atoms with Gasteiger partial charge in [-0.25, -0.2) is 4.39 Å². The van der Waals surface area contributed by atoms with Crippen molar-refractivity contribution in [2.45, 2.75) is 51.5 Å². The lowest BCUT2D eigenvalue weighted by Gasteiger charge is -2.56. The predicted octanol–water partition coefficient (Wildman–Crippen LogP) is 5.27. The summed E-state index contributed by atoms with van der Waals surface area (Å²) in [6.07, 6.45) is 10.0.